The zero-order valence-corrected chi connectivity index (χ0v) is 10.4. The molecule has 18 heavy (non-hydrogen) atoms. The maximum atomic E-state index is 11.9. The normalized spacial score (nSPS) is 16.0. The van der Waals surface area contributed by atoms with E-state index in [0.717, 1.165) is 18.9 Å². The van der Waals surface area contributed by atoms with Gasteiger partial charge >= 0.3 is 5.97 Å². The van der Waals surface area contributed by atoms with Crippen molar-refractivity contribution in [1.29, 1.82) is 0 Å². The highest BCUT2D eigenvalue weighted by Gasteiger charge is 2.27. The fraction of sp³-hybridized carbons (Fsp3) is 0.250. The Kier molecular flexibility index (Phi) is 3.49. The summed E-state index contributed by atoms with van der Waals surface area (Å²) in [4.78, 5) is 10.5. The van der Waals surface area contributed by atoms with Crippen molar-refractivity contribution < 1.29 is 18.3 Å². The number of carbonyl (C=O) groups is 1. The van der Waals surface area contributed by atoms with E-state index in [4.69, 9.17) is 5.11 Å². The van der Waals surface area contributed by atoms with Gasteiger partial charge in [-0.2, -0.15) is 0 Å². The Morgan fingerprint density at radius 3 is 2.72 bits per heavy atom. The lowest BCUT2D eigenvalue weighted by molar-refractivity contribution is -0.131. The van der Waals surface area contributed by atoms with Crippen molar-refractivity contribution in [2.45, 2.75) is 23.8 Å². The van der Waals surface area contributed by atoms with E-state index in [1.54, 1.807) is 12.1 Å². The van der Waals surface area contributed by atoms with E-state index in [1.807, 2.05) is 0 Å². The molecule has 6 heteroatoms. The van der Waals surface area contributed by atoms with Crippen molar-refractivity contribution in [3.63, 3.8) is 0 Å². The van der Waals surface area contributed by atoms with Crippen LogP contribution in [0.2, 0.25) is 0 Å². The largest absolute Gasteiger partial charge is 0.478 e. The number of rotatable bonds is 5. The van der Waals surface area contributed by atoms with Gasteiger partial charge in [0.1, 0.15) is 0 Å². The molecular weight excluding hydrogens is 254 g/mol. The number of benzene rings is 1. The van der Waals surface area contributed by atoms with E-state index < -0.39 is 16.0 Å². The van der Waals surface area contributed by atoms with Crippen LogP contribution in [0, 0.1) is 0 Å². The first kappa shape index (κ1) is 12.8. The molecule has 1 aliphatic carbocycles. The number of carboxylic acids is 1. The molecular formula is C12H13NO4S. The molecule has 1 fully saturated rings. The van der Waals surface area contributed by atoms with E-state index in [9.17, 15) is 13.2 Å². The van der Waals surface area contributed by atoms with Gasteiger partial charge < -0.3 is 5.11 Å². The molecule has 1 saturated carbocycles. The lowest BCUT2D eigenvalue weighted by atomic mass is 10.2. The second-order valence-electron chi connectivity index (χ2n) is 4.14. The average molecular weight is 267 g/mol. The Labute approximate surface area is 105 Å². The Morgan fingerprint density at radius 2 is 2.11 bits per heavy atom. The average Bonchev–Trinajstić information content (AvgIpc) is 3.10. The van der Waals surface area contributed by atoms with Crippen molar-refractivity contribution in [3.8, 4) is 0 Å². The highest BCUT2D eigenvalue weighted by atomic mass is 32.2. The minimum Gasteiger partial charge on any atom is -0.478 e. The molecule has 0 spiro atoms. The standard InChI is InChI=1S/C12H13NO4S/c14-12(15)7-4-9-2-1-3-11(8-9)18(16,17)13-10-5-6-10/h1-4,7-8,10,13H,5-6H2,(H,14,15). The van der Waals surface area contributed by atoms with Gasteiger partial charge in [0.15, 0.2) is 0 Å². The van der Waals surface area contributed by atoms with Crippen molar-refractivity contribution in [2.24, 2.45) is 0 Å². The summed E-state index contributed by atoms with van der Waals surface area (Å²) in [6, 6.07) is 6.22. The van der Waals surface area contributed by atoms with Crippen LogP contribution in [0.3, 0.4) is 0 Å². The highest BCUT2D eigenvalue weighted by Crippen LogP contribution is 2.22. The molecule has 1 aliphatic rings. The Hall–Kier alpha value is -1.66. The number of hydrogen-bond donors (Lipinski definition) is 2. The molecule has 0 saturated heterocycles. The fourth-order valence-corrected chi connectivity index (χ4v) is 2.80. The summed E-state index contributed by atoms with van der Waals surface area (Å²) >= 11 is 0. The van der Waals surface area contributed by atoms with Gasteiger partial charge in [-0.15, -0.1) is 0 Å². The summed E-state index contributed by atoms with van der Waals surface area (Å²) < 4.78 is 26.4. The van der Waals surface area contributed by atoms with Crippen LogP contribution in [-0.2, 0) is 14.8 Å². The van der Waals surface area contributed by atoms with E-state index in [0.29, 0.717) is 5.56 Å². The fourth-order valence-electron chi connectivity index (χ4n) is 1.44. The van der Waals surface area contributed by atoms with Gasteiger partial charge in [-0.25, -0.2) is 17.9 Å². The SMILES string of the molecule is O=C(O)C=Cc1cccc(S(=O)(=O)NC2CC2)c1. The third-order valence-electron chi connectivity index (χ3n) is 2.49. The van der Waals surface area contributed by atoms with Crippen LogP contribution < -0.4 is 4.72 Å². The number of nitrogens with one attached hydrogen (secondary N) is 1. The number of aliphatic carboxylic acids is 1. The van der Waals surface area contributed by atoms with Crippen LogP contribution in [-0.4, -0.2) is 25.5 Å². The monoisotopic (exact) mass is 267 g/mol. The topological polar surface area (TPSA) is 83.5 Å². The summed E-state index contributed by atoms with van der Waals surface area (Å²) in [7, 11) is -3.49. The molecule has 0 bridgehead atoms. The van der Waals surface area contributed by atoms with Crippen LogP contribution in [0.4, 0.5) is 0 Å². The number of sulfonamides is 1. The maximum absolute atomic E-state index is 11.9. The predicted molar refractivity (Wildman–Crippen MR) is 66.5 cm³/mol. The van der Waals surface area contributed by atoms with Gasteiger partial charge in [0.25, 0.3) is 0 Å². The molecule has 96 valence electrons. The summed E-state index contributed by atoms with van der Waals surface area (Å²) in [5, 5.41) is 8.51. The molecule has 0 aromatic heterocycles. The first-order valence-corrected chi connectivity index (χ1v) is 6.99. The van der Waals surface area contributed by atoms with E-state index >= 15 is 0 Å². The van der Waals surface area contributed by atoms with Crippen molar-refractivity contribution in [3.05, 3.63) is 35.9 Å². The third kappa shape index (κ3) is 3.41. The molecule has 2 rings (SSSR count). The second-order valence-corrected chi connectivity index (χ2v) is 5.85. The molecule has 0 atom stereocenters. The minimum absolute atomic E-state index is 0.0493. The molecule has 0 aliphatic heterocycles. The third-order valence-corrected chi connectivity index (χ3v) is 4.00. The van der Waals surface area contributed by atoms with Gasteiger partial charge in [-0.1, -0.05) is 12.1 Å². The van der Waals surface area contributed by atoms with E-state index in [1.165, 1.54) is 18.2 Å². The summed E-state index contributed by atoms with van der Waals surface area (Å²) in [6.07, 6.45) is 4.08. The van der Waals surface area contributed by atoms with Crippen LogP contribution >= 0.6 is 0 Å². The van der Waals surface area contributed by atoms with Gasteiger partial charge in [0, 0.05) is 12.1 Å². The minimum atomic E-state index is -3.49. The molecule has 0 radical (unpaired) electrons. The molecule has 0 unspecified atom stereocenters. The molecule has 0 amide bonds. The smallest absolute Gasteiger partial charge is 0.328 e. The highest BCUT2D eigenvalue weighted by molar-refractivity contribution is 7.89. The zero-order valence-electron chi connectivity index (χ0n) is 9.54. The van der Waals surface area contributed by atoms with Gasteiger partial charge in [-0.3, -0.25) is 0 Å². The number of hydrogen-bond acceptors (Lipinski definition) is 3. The van der Waals surface area contributed by atoms with Crippen LogP contribution in [0.15, 0.2) is 35.2 Å². The van der Waals surface area contributed by atoms with Crippen LogP contribution in [0.25, 0.3) is 6.08 Å². The van der Waals surface area contributed by atoms with Gasteiger partial charge in [0.05, 0.1) is 4.90 Å². The molecule has 1 aromatic carbocycles. The zero-order chi connectivity index (χ0) is 13.2. The quantitative estimate of drug-likeness (QED) is 0.786. The summed E-state index contributed by atoms with van der Waals surface area (Å²) in [5.41, 5.74) is 0.538. The molecule has 1 aromatic rings. The number of carboxylic acid groups (broad SMARTS) is 1. The van der Waals surface area contributed by atoms with Gasteiger partial charge in [-0.05, 0) is 36.6 Å². The van der Waals surface area contributed by atoms with Crippen molar-refractivity contribution >= 4 is 22.1 Å². The summed E-state index contributed by atoms with van der Waals surface area (Å²) in [6.45, 7) is 0. The maximum Gasteiger partial charge on any atom is 0.328 e. The lowest BCUT2D eigenvalue weighted by Crippen LogP contribution is -2.25. The molecule has 0 heterocycles. The van der Waals surface area contributed by atoms with Crippen LogP contribution in [0.1, 0.15) is 18.4 Å². The second kappa shape index (κ2) is 4.91. The van der Waals surface area contributed by atoms with Crippen LogP contribution in [0.5, 0.6) is 0 Å². The van der Waals surface area contributed by atoms with E-state index in [-0.39, 0.29) is 10.9 Å². The summed E-state index contributed by atoms with van der Waals surface area (Å²) in [5.74, 6) is -1.07. The Balaban J connectivity index is 2.23. The van der Waals surface area contributed by atoms with Crippen molar-refractivity contribution in [2.75, 3.05) is 0 Å². The molecule has 5 nitrogen and oxygen atoms in total. The predicted octanol–water partition coefficient (Wildman–Crippen LogP) is 1.23. The van der Waals surface area contributed by atoms with E-state index in [2.05, 4.69) is 4.72 Å². The first-order valence-electron chi connectivity index (χ1n) is 5.51. The first-order chi connectivity index (χ1) is 8.47. The Bertz CT molecular complexity index is 588. The Morgan fingerprint density at radius 1 is 1.39 bits per heavy atom. The molecule has 2 N–H and O–H groups in total. The lowest BCUT2D eigenvalue weighted by Gasteiger charge is -2.05. The van der Waals surface area contributed by atoms with Gasteiger partial charge in [0.2, 0.25) is 10.0 Å². The van der Waals surface area contributed by atoms with Crippen molar-refractivity contribution in [1.82, 2.24) is 4.72 Å².